The first-order valence-electron chi connectivity index (χ1n) is 7.35. The molecule has 0 spiro atoms. The van der Waals surface area contributed by atoms with Gasteiger partial charge in [-0.1, -0.05) is 17.7 Å². The monoisotopic (exact) mass is 310 g/mol. The maximum Gasteiger partial charge on any atom is 0.236 e. The van der Waals surface area contributed by atoms with E-state index in [0.29, 0.717) is 13.2 Å². The third-order valence-corrected chi connectivity index (χ3v) is 3.77. The molecule has 0 aromatic heterocycles. The van der Waals surface area contributed by atoms with Crippen LogP contribution in [0.2, 0.25) is 0 Å². The summed E-state index contributed by atoms with van der Waals surface area (Å²) in [5.74, 6) is 1.76. The molecule has 0 aliphatic carbocycles. The predicted octanol–water partition coefficient (Wildman–Crippen LogP) is 2.35. The number of carbonyl (C=O) groups excluding carboxylic acids is 1. The summed E-state index contributed by atoms with van der Waals surface area (Å²) in [5.41, 5.74) is 7.01. The van der Waals surface area contributed by atoms with Crippen molar-refractivity contribution in [2.45, 2.75) is 32.2 Å². The lowest BCUT2D eigenvalue weighted by Gasteiger charge is -2.11. The number of unbranched alkanes of at least 4 members (excludes halogenated alkanes) is 1. The number of benzene rings is 1. The summed E-state index contributed by atoms with van der Waals surface area (Å²) in [6, 6.07) is 7.63. The summed E-state index contributed by atoms with van der Waals surface area (Å²) in [6.45, 7) is 3.37. The number of nitrogens with one attached hydrogen (secondary N) is 1. The number of nitrogens with two attached hydrogens (primary N) is 1. The molecule has 1 amide bonds. The molecule has 4 nitrogen and oxygen atoms in total. The van der Waals surface area contributed by atoms with E-state index in [1.54, 1.807) is 11.8 Å². The van der Waals surface area contributed by atoms with Crippen molar-refractivity contribution in [1.29, 1.82) is 0 Å². The molecule has 5 heteroatoms. The quantitative estimate of drug-likeness (QED) is 0.651. The molecule has 21 heavy (non-hydrogen) atoms. The number of ether oxygens (including phenoxy) is 1. The molecule has 0 aliphatic heterocycles. The molecular formula is C16H26N2O2S. The Bertz CT molecular complexity index is 409. The van der Waals surface area contributed by atoms with Gasteiger partial charge in [0.05, 0.1) is 12.6 Å². The van der Waals surface area contributed by atoms with Crippen LogP contribution in [0.1, 0.15) is 24.8 Å². The van der Waals surface area contributed by atoms with Gasteiger partial charge in [-0.2, -0.15) is 11.8 Å². The molecule has 0 saturated heterocycles. The Morgan fingerprint density at radius 2 is 2.05 bits per heavy atom. The van der Waals surface area contributed by atoms with Gasteiger partial charge in [-0.3, -0.25) is 4.79 Å². The Balaban J connectivity index is 2.04. The topological polar surface area (TPSA) is 64.4 Å². The molecule has 0 aliphatic rings. The highest BCUT2D eigenvalue weighted by Crippen LogP contribution is 2.11. The molecule has 1 atom stereocenters. The summed E-state index contributed by atoms with van der Waals surface area (Å²) in [5, 5.41) is 2.87. The maximum absolute atomic E-state index is 11.7. The zero-order valence-corrected chi connectivity index (χ0v) is 13.7. The van der Waals surface area contributed by atoms with Gasteiger partial charge in [0.2, 0.25) is 5.91 Å². The Labute approximate surface area is 131 Å². The number of carbonyl (C=O) groups is 1. The van der Waals surface area contributed by atoms with Crippen LogP contribution in [0.4, 0.5) is 0 Å². The molecule has 1 rings (SSSR count). The van der Waals surface area contributed by atoms with Crippen molar-refractivity contribution in [3.05, 3.63) is 29.8 Å². The number of hydrogen-bond acceptors (Lipinski definition) is 4. The smallest absolute Gasteiger partial charge is 0.236 e. The average molecular weight is 310 g/mol. The highest BCUT2D eigenvalue weighted by Gasteiger charge is 2.11. The van der Waals surface area contributed by atoms with Crippen LogP contribution < -0.4 is 15.8 Å². The van der Waals surface area contributed by atoms with Crippen molar-refractivity contribution in [2.24, 2.45) is 5.73 Å². The minimum Gasteiger partial charge on any atom is -0.494 e. The van der Waals surface area contributed by atoms with Crippen molar-refractivity contribution in [3.8, 4) is 5.75 Å². The van der Waals surface area contributed by atoms with E-state index >= 15 is 0 Å². The Morgan fingerprint density at radius 1 is 1.33 bits per heavy atom. The summed E-state index contributed by atoms with van der Waals surface area (Å²) in [6.07, 6.45) is 4.54. The summed E-state index contributed by atoms with van der Waals surface area (Å²) < 4.78 is 5.63. The lowest BCUT2D eigenvalue weighted by Crippen LogP contribution is -2.41. The number of thioether (sulfide) groups is 1. The van der Waals surface area contributed by atoms with Crippen molar-refractivity contribution in [3.63, 3.8) is 0 Å². The average Bonchev–Trinajstić information content (AvgIpc) is 2.49. The van der Waals surface area contributed by atoms with Gasteiger partial charge in [-0.05, 0) is 50.3 Å². The van der Waals surface area contributed by atoms with Gasteiger partial charge in [-0.25, -0.2) is 0 Å². The zero-order chi connectivity index (χ0) is 15.5. The lowest BCUT2D eigenvalue weighted by atomic mass is 10.2. The largest absolute Gasteiger partial charge is 0.494 e. The molecular weight excluding hydrogens is 284 g/mol. The van der Waals surface area contributed by atoms with E-state index in [0.717, 1.165) is 30.8 Å². The lowest BCUT2D eigenvalue weighted by molar-refractivity contribution is -0.122. The molecule has 0 radical (unpaired) electrons. The number of hydrogen-bond donors (Lipinski definition) is 2. The fraction of sp³-hybridized carbons (Fsp3) is 0.562. The van der Waals surface area contributed by atoms with Gasteiger partial charge in [0.15, 0.2) is 0 Å². The first kappa shape index (κ1) is 17.9. The van der Waals surface area contributed by atoms with Crippen LogP contribution in [0.15, 0.2) is 24.3 Å². The second-order valence-corrected chi connectivity index (χ2v) is 6.03. The van der Waals surface area contributed by atoms with Gasteiger partial charge in [-0.15, -0.1) is 0 Å². The van der Waals surface area contributed by atoms with Crippen molar-refractivity contribution in [1.82, 2.24) is 5.32 Å². The van der Waals surface area contributed by atoms with Gasteiger partial charge >= 0.3 is 0 Å². The van der Waals surface area contributed by atoms with Crippen LogP contribution in [0.25, 0.3) is 0 Å². The molecule has 0 fully saturated rings. The minimum atomic E-state index is -0.388. The molecule has 0 bridgehead atoms. The van der Waals surface area contributed by atoms with Gasteiger partial charge in [0, 0.05) is 6.54 Å². The molecule has 3 N–H and O–H groups in total. The number of aryl methyl sites for hydroxylation is 1. The Morgan fingerprint density at radius 3 is 2.71 bits per heavy atom. The first-order valence-corrected chi connectivity index (χ1v) is 8.74. The molecule has 0 heterocycles. The first-order chi connectivity index (χ1) is 10.1. The van der Waals surface area contributed by atoms with Crippen molar-refractivity contribution >= 4 is 17.7 Å². The third-order valence-electron chi connectivity index (χ3n) is 3.13. The van der Waals surface area contributed by atoms with Crippen molar-refractivity contribution < 1.29 is 9.53 Å². The van der Waals surface area contributed by atoms with Crippen LogP contribution >= 0.6 is 11.8 Å². The van der Waals surface area contributed by atoms with E-state index < -0.39 is 0 Å². The maximum atomic E-state index is 11.7. The van der Waals surface area contributed by atoms with Crippen LogP contribution in [0, 0.1) is 6.92 Å². The van der Waals surface area contributed by atoms with E-state index in [2.05, 4.69) is 12.2 Å². The second-order valence-electron chi connectivity index (χ2n) is 5.05. The van der Waals surface area contributed by atoms with Crippen LogP contribution in [0.3, 0.4) is 0 Å². The zero-order valence-electron chi connectivity index (χ0n) is 12.9. The van der Waals surface area contributed by atoms with Gasteiger partial charge in [0.25, 0.3) is 0 Å². The molecule has 1 unspecified atom stereocenters. The van der Waals surface area contributed by atoms with E-state index in [1.165, 1.54) is 5.56 Å². The fourth-order valence-corrected chi connectivity index (χ4v) is 2.26. The Kier molecular flexibility index (Phi) is 8.94. The third kappa shape index (κ3) is 7.97. The SMILES string of the molecule is CSCCC(N)C(=O)NCCCCOc1ccc(C)cc1. The minimum absolute atomic E-state index is 0.0523. The number of amides is 1. The molecule has 0 saturated carbocycles. The van der Waals surface area contributed by atoms with E-state index in [9.17, 15) is 4.79 Å². The van der Waals surface area contributed by atoms with Crippen LogP contribution in [-0.2, 0) is 4.79 Å². The van der Waals surface area contributed by atoms with E-state index in [-0.39, 0.29) is 11.9 Å². The summed E-state index contributed by atoms with van der Waals surface area (Å²) >= 11 is 1.70. The molecule has 1 aromatic rings. The Hall–Kier alpha value is -1.20. The highest BCUT2D eigenvalue weighted by molar-refractivity contribution is 7.98. The standard InChI is InChI=1S/C16H26N2O2S/c1-13-5-7-14(8-6-13)20-11-4-3-10-18-16(19)15(17)9-12-21-2/h5-8,15H,3-4,9-12,17H2,1-2H3,(H,18,19). The molecule has 1 aromatic carbocycles. The normalized spacial score (nSPS) is 12.0. The second kappa shape index (κ2) is 10.5. The van der Waals surface area contributed by atoms with Crippen LogP contribution in [-0.4, -0.2) is 37.1 Å². The van der Waals surface area contributed by atoms with Crippen molar-refractivity contribution in [2.75, 3.05) is 25.2 Å². The fourth-order valence-electron chi connectivity index (χ4n) is 1.77. The van der Waals surface area contributed by atoms with Gasteiger partial charge < -0.3 is 15.8 Å². The van der Waals surface area contributed by atoms with E-state index in [4.69, 9.17) is 10.5 Å². The summed E-state index contributed by atoms with van der Waals surface area (Å²) in [4.78, 5) is 11.7. The predicted molar refractivity (Wildman–Crippen MR) is 89.9 cm³/mol. The van der Waals surface area contributed by atoms with Gasteiger partial charge in [0.1, 0.15) is 5.75 Å². The van der Waals surface area contributed by atoms with E-state index in [1.807, 2.05) is 30.5 Å². The van der Waals surface area contributed by atoms with Crippen LogP contribution in [0.5, 0.6) is 5.75 Å². The molecule has 118 valence electrons. The highest BCUT2D eigenvalue weighted by atomic mass is 32.2. The number of rotatable bonds is 10. The summed E-state index contributed by atoms with van der Waals surface area (Å²) in [7, 11) is 0.